The zero-order valence-electron chi connectivity index (χ0n) is 9.31. The molecule has 0 radical (unpaired) electrons. The van der Waals surface area contributed by atoms with Gasteiger partial charge >= 0.3 is 0 Å². The van der Waals surface area contributed by atoms with Crippen LogP contribution in [-0.4, -0.2) is 16.9 Å². The monoisotopic (exact) mass is 215 g/mol. The van der Waals surface area contributed by atoms with Crippen molar-refractivity contribution in [1.29, 1.82) is 0 Å². The van der Waals surface area contributed by atoms with E-state index in [4.69, 9.17) is 4.74 Å². The first-order valence-corrected chi connectivity index (χ1v) is 5.19. The summed E-state index contributed by atoms with van der Waals surface area (Å²) in [6, 6.07) is 9.53. The van der Waals surface area contributed by atoms with Gasteiger partial charge in [0.05, 0.1) is 0 Å². The predicted octanol–water partition coefficient (Wildman–Crippen LogP) is 2.59. The molecule has 0 aliphatic heterocycles. The van der Waals surface area contributed by atoms with Gasteiger partial charge in [0, 0.05) is 11.6 Å². The Labute approximate surface area is 94.1 Å². The van der Waals surface area contributed by atoms with Crippen molar-refractivity contribution in [3.8, 4) is 5.75 Å². The predicted molar refractivity (Wildman–Crippen MR) is 62.5 cm³/mol. The zero-order valence-corrected chi connectivity index (χ0v) is 9.31. The van der Waals surface area contributed by atoms with Gasteiger partial charge in [-0.05, 0) is 26.0 Å². The van der Waals surface area contributed by atoms with Gasteiger partial charge in [0.15, 0.2) is 11.9 Å². The van der Waals surface area contributed by atoms with E-state index in [1.54, 1.807) is 13.1 Å². The van der Waals surface area contributed by atoms with E-state index in [2.05, 4.69) is 4.98 Å². The fourth-order valence-corrected chi connectivity index (χ4v) is 1.44. The van der Waals surface area contributed by atoms with E-state index < -0.39 is 6.10 Å². The van der Waals surface area contributed by atoms with Crippen LogP contribution in [0.15, 0.2) is 36.5 Å². The number of carbonyl (C=O) groups excluding carboxylic acids is 1. The maximum Gasteiger partial charge on any atom is 0.169 e. The number of Topliss-reactive ketones (excluding diaryl/α,β-unsaturated/α-hetero) is 1. The molecule has 3 heteroatoms. The van der Waals surface area contributed by atoms with Gasteiger partial charge in [0.25, 0.3) is 0 Å². The molecule has 0 saturated carbocycles. The molecule has 0 bridgehead atoms. The van der Waals surface area contributed by atoms with E-state index in [0.717, 1.165) is 10.9 Å². The SMILES string of the molecule is CC(=O)C(C)Oc1cccc2cccnc12. The standard InChI is InChI=1S/C13H13NO2/c1-9(15)10(2)16-12-7-3-5-11-6-4-8-14-13(11)12/h3-8,10H,1-2H3. The van der Waals surface area contributed by atoms with Crippen LogP contribution >= 0.6 is 0 Å². The highest BCUT2D eigenvalue weighted by molar-refractivity contribution is 5.85. The average molecular weight is 215 g/mol. The van der Waals surface area contributed by atoms with Gasteiger partial charge in [0.1, 0.15) is 11.3 Å². The van der Waals surface area contributed by atoms with Crippen molar-refractivity contribution in [2.24, 2.45) is 0 Å². The number of ether oxygens (including phenoxy) is 1. The van der Waals surface area contributed by atoms with Gasteiger partial charge in [-0.1, -0.05) is 18.2 Å². The minimum atomic E-state index is -0.437. The number of carbonyl (C=O) groups is 1. The Morgan fingerprint density at radius 2 is 2.06 bits per heavy atom. The largest absolute Gasteiger partial charge is 0.481 e. The summed E-state index contributed by atoms with van der Waals surface area (Å²) >= 11 is 0. The van der Waals surface area contributed by atoms with Crippen LogP contribution in [0.5, 0.6) is 5.75 Å². The molecule has 0 N–H and O–H groups in total. The third-order valence-corrected chi connectivity index (χ3v) is 2.47. The van der Waals surface area contributed by atoms with Crippen molar-refractivity contribution >= 4 is 16.7 Å². The number of para-hydroxylation sites is 1. The first-order chi connectivity index (χ1) is 7.68. The van der Waals surface area contributed by atoms with Crippen molar-refractivity contribution in [1.82, 2.24) is 4.98 Å². The molecule has 0 spiro atoms. The van der Waals surface area contributed by atoms with Crippen LogP contribution < -0.4 is 4.74 Å². The Hall–Kier alpha value is -1.90. The van der Waals surface area contributed by atoms with E-state index in [1.165, 1.54) is 6.92 Å². The molecule has 2 aromatic rings. The molecular weight excluding hydrogens is 202 g/mol. The van der Waals surface area contributed by atoms with Gasteiger partial charge in [-0.25, -0.2) is 0 Å². The summed E-state index contributed by atoms with van der Waals surface area (Å²) in [5.74, 6) is 0.661. The highest BCUT2D eigenvalue weighted by Crippen LogP contribution is 2.23. The Morgan fingerprint density at radius 3 is 2.81 bits per heavy atom. The first-order valence-electron chi connectivity index (χ1n) is 5.19. The summed E-state index contributed by atoms with van der Waals surface area (Å²) in [7, 11) is 0. The van der Waals surface area contributed by atoms with Crippen molar-refractivity contribution in [2.45, 2.75) is 20.0 Å². The fraction of sp³-hybridized carbons (Fsp3) is 0.231. The molecule has 1 unspecified atom stereocenters. The number of fused-ring (bicyclic) bond motifs is 1. The second-order valence-corrected chi connectivity index (χ2v) is 3.70. The molecule has 0 aliphatic carbocycles. The van der Waals surface area contributed by atoms with Crippen LogP contribution in [0.3, 0.4) is 0 Å². The molecule has 1 heterocycles. The summed E-state index contributed by atoms with van der Waals surface area (Å²) in [4.78, 5) is 15.4. The summed E-state index contributed by atoms with van der Waals surface area (Å²) in [5, 5.41) is 1.01. The summed E-state index contributed by atoms with van der Waals surface area (Å²) < 4.78 is 5.58. The van der Waals surface area contributed by atoms with E-state index in [1.807, 2.05) is 30.3 Å². The molecule has 0 saturated heterocycles. The highest BCUT2D eigenvalue weighted by Gasteiger charge is 2.11. The van der Waals surface area contributed by atoms with Crippen molar-refractivity contribution in [3.05, 3.63) is 36.5 Å². The average Bonchev–Trinajstić information content (AvgIpc) is 2.29. The number of nitrogens with zero attached hydrogens (tertiary/aromatic N) is 1. The Bertz CT molecular complexity index is 517. The maximum absolute atomic E-state index is 11.1. The van der Waals surface area contributed by atoms with Crippen molar-refractivity contribution in [3.63, 3.8) is 0 Å². The number of benzene rings is 1. The number of pyridine rings is 1. The number of hydrogen-bond acceptors (Lipinski definition) is 3. The molecule has 0 amide bonds. The molecular formula is C13H13NO2. The van der Waals surface area contributed by atoms with Crippen LogP contribution in [0.25, 0.3) is 10.9 Å². The molecule has 1 aromatic carbocycles. The van der Waals surface area contributed by atoms with Gasteiger partial charge < -0.3 is 4.74 Å². The number of ketones is 1. The van der Waals surface area contributed by atoms with Crippen molar-refractivity contribution in [2.75, 3.05) is 0 Å². The van der Waals surface area contributed by atoms with Crippen LogP contribution in [0.2, 0.25) is 0 Å². The van der Waals surface area contributed by atoms with Crippen LogP contribution in [-0.2, 0) is 4.79 Å². The smallest absolute Gasteiger partial charge is 0.169 e. The quantitative estimate of drug-likeness (QED) is 0.790. The molecule has 2 rings (SSSR count). The van der Waals surface area contributed by atoms with E-state index in [0.29, 0.717) is 5.75 Å². The number of rotatable bonds is 3. The van der Waals surface area contributed by atoms with Gasteiger partial charge in [0.2, 0.25) is 0 Å². The fourth-order valence-electron chi connectivity index (χ4n) is 1.44. The number of aromatic nitrogens is 1. The lowest BCUT2D eigenvalue weighted by atomic mass is 10.2. The van der Waals surface area contributed by atoms with Gasteiger partial charge in [-0.2, -0.15) is 0 Å². The topological polar surface area (TPSA) is 39.2 Å². The molecule has 0 fully saturated rings. The lowest BCUT2D eigenvalue weighted by Crippen LogP contribution is -2.20. The maximum atomic E-state index is 11.1. The van der Waals surface area contributed by atoms with E-state index in [-0.39, 0.29) is 5.78 Å². The lowest BCUT2D eigenvalue weighted by Gasteiger charge is -2.12. The Kier molecular flexibility index (Phi) is 2.86. The first kappa shape index (κ1) is 10.6. The Morgan fingerprint density at radius 1 is 1.31 bits per heavy atom. The second kappa shape index (κ2) is 4.31. The number of hydrogen-bond donors (Lipinski definition) is 0. The third kappa shape index (κ3) is 2.03. The van der Waals surface area contributed by atoms with E-state index in [9.17, 15) is 4.79 Å². The molecule has 3 nitrogen and oxygen atoms in total. The summed E-state index contributed by atoms with van der Waals surface area (Å²) in [6.45, 7) is 3.26. The lowest BCUT2D eigenvalue weighted by molar-refractivity contribution is -0.122. The Balaban J connectivity index is 2.41. The summed E-state index contributed by atoms with van der Waals surface area (Å²) in [6.07, 6.45) is 1.28. The molecule has 0 aliphatic rings. The summed E-state index contributed by atoms with van der Waals surface area (Å²) in [5.41, 5.74) is 0.790. The van der Waals surface area contributed by atoms with Crippen LogP contribution in [0, 0.1) is 0 Å². The van der Waals surface area contributed by atoms with Crippen LogP contribution in [0.4, 0.5) is 0 Å². The molecule has 82 valence electrons. The third-order valence-electron chi connectivity index (χ3n) is 2.47. The highest BCUT2D eigenvalue weighted by atomic mass is 16.5. The molecule has 1 atom stereocenters. The van der Waals surface area contributed by atoms with Crippen molar-refractivity contribution < 1.29 is 9.53 Å². The van der Waals surface area contributed by atoms with E-state index >= 15 is 0 Å². The second-order valence-electron chi connectivity index (χ2n) is 3.70. The van der Waals surface area contributed by atoms with Gasteiger partial charge in [-0.15, -0.1) is 0 Å². The minimum Gasteiger partial charge on any atom is -0.481 e. The molecule has 16 heavy (non-hydrogen) atoms. The zero-order chi connectivity index (χ0) is 11.5. The molecule has 1 aromatic heterocycles. The minimum absolute atomic E-state index is 0.00735. The van der Waals surface area contributed by atoms with Gasteiger partial charge in [-0.3, -0.25) is 9.78 Å². The van der Waals surface area contributed by atoms with Crippen LogP contribution in [0.1, 0.15) is 13.8 Å². The normalized spacial score (nSPS) is 12.4.